The lowest BCUT2D eigenvalue weighted by Crippen LogP contribution is -2.37. The van der Waals surface area contributed by atoms with E-state index in [1.807, 2.05) is 25.1 Å². The average Bonchev–Trinajstić information content (AvgIpc) is 3.12. The molecule has 1 heterocycles. The van der Waals surface area contributed by atoms with Gasteiger partial charge in [0.25, 0.3) is 5.91 Å². The van der Waals surface area contributed by atoms with E-state index in [4.69, 9.17) is 14.2 Å². The van der Waals surface area contributed by atoms with Gasteiger partial charge in [0.2, 0.25) is 5.91 Å². The van der Waals surface area contributed by atoms with Gasteiger partial charge in [0.15, 0.2) is 0 Å². The van der Waals surface area contributed by atoms with Gasteiger partial charge in [0.05, 0.1) is 33.4 Å². The lowest BCUT2D eigenvalue weighted by atomic mass is 10.1. The molecule has 0 spiro atoms. The van der Waals surface area contributed by atoms with E-state index in [1.165, 1.54) is 19.1 Å². The summed E-state index contributed by atoms with van der Waals surface area (Å²) in [5.41, 5.74) is 2.60. The molecule has 1 saturated heterocycles. The topological polar surface area (TPSA) is 97.4 Å². The molecule has 1 fully saturated rings. The van der Waals surface area contributed by atoms with Crippen molar-refractivity contribution < 1.29 is 28.6 Å². The van der Waals surface area contributed by atoms with Crippen LogP contribution in [0.15, 0.2) is 66.7 Å². The van der Waals surface area contributed by atoms with E-state index in [-0.39, 0.29) is 13.0 Å². The lowest BCUT2D eigenvalue weighted by molar-refractivity contribution is -0.124. The highest BCUT2D eigenvalue weighted by molar-refractivity contribution is 6.22. The first kappa shape index (κ1) is 25.6. The number of methoxy groups -OCH3 is 3. The predicted molar refractivity (Wildman–Crippen MR) is 139 cm³/mol. The van der Waals surface area contributed by atoms with E-state index < -0.39 is 23.9 Å². The van der Waals surface area contributed by atoms with Crippen molar-refractivity contribution in [2.24, 2.45) is 0 Å². The van der Waals surface area contributed by atoms with Crippen molar-refractivity contribution in [1.82, 2.24) is 4.90 Å². The van der Waals surface area contributed by atoms with Gasteiger partial charge in [-0.05, 0) is 42.3 Å². The van der Waals surface area contributed by atoms with Crippen molar-refractivity contribution in [1.29, 1.82) is 0 Å². The Kier molecular flexibility index (Phi) is 7.62. The molecule has 1 aliphatic rings. The first-order chi connectivity index (χ1) is 17.8. The summed E-state index contributed by atoms with van der Waals surface area (Å²) in [5, 5.41) is 2.79. The van der Waals surface area contributed by atoms with Crippen LogP contribution >= 0.6 is 0 Å². The van der Waals surface area contributed by atoms with Crippen LogP contribution in [-0.4, -0.2) is 50.1 Å². The van der Waals surface area contributed by atoms with Crippen molar-refractivity contribution in [2.45, 2.75) is 25.9 Å². The number of hydrogen-bond donors (Lipinski definition) is 1. The molecular formula is C28H29N3O6. The van der Waals surface area contributed by atoms with Gasteiger partial charge in [0.1, 0.15) is 23.3 Å². The Bertz CT molecular complexity index is 1300. The van der Waals surface area contributed by atoms with Crippen LogP contribution in [0.2, 0.25) is 0 Å². The maximum absolute atomic E-state index is 13.6. The van der Waals surface area contributed by atoms with Crippen LogP contribution in [0.3, 0.4) is 0 Å². The van der Waals surface area contributed by atoms with E-state index in [1.54, 1.807) is 55.6 Å². The Hall–Kier alpha value is -4.53. The summed E-state index contributed by atoms with van der Waals surface area (Å²) in [6, 6.07) is 17.9. The van der Waals surface area contributed by atoms with Crippen LogP contribution in [0.25, 0.3) is 0 Å². The highest BCUT2D eigenvalue weighted by Gasteiger charge is 2.46. The normalized spacial score (nSPS) is 15.1. The number of carbonyl (C=O) groups is 3. The van der Waals surface area contributed by atoms with E-state index >= 15 is 0 Å². The van der Waals surface area contributed by atoms with Crippen molar-refractivity contribution in [3.63, 3.8) is 0 Å². The second-order valence-electron chi connectivity index (χ2n) is 8.64. The SMILES string of the molecule is COc1cccc(CN2C(=O)N(c3cccc(C)c3)C(=O)[C@@H]2CC(=O)Nc2cc(OC)cc(OC)c2)c1. The van der Waals surface area contributed by atoms with Gasteiger partial charge >= 0.3 is 6.03 Å². The van der Waals surface area contributed by atoms with E-state index in [0.29, 0.717) is 28.6 Å². The van der Waals surface area contributed by atoms with Gasteiger partial charge in [-0.15, -0.1) is 0 Å². The monoisotopic (exact) mass is 503 g/mol. The molecule has 0 unspecified atom stereocenters. The van der Waals surface area contributed by atoms with Crippen molar-refractivity contribution >= 4 is 29.2 Å². The maximum Gasteiger partial charge on any atom is 0.332 e. The standard InChI is InChI=1S/C28H29N3O6/c1-18-7-5-9-21(11-18)31-27(33)25(30(28(31)34)17-19-8-6-10-22(12-19)35-2)16-26(32)29-20-13-23(36-3)15-24(14-20)37-4/h5-15,25H,16-17H2,1-4H3,(H,29,32)/t25-/m0/s1. The summed E-state index contributed by atoms with van der Waals surface area (Å²) in [5.74, 6) is 0.756. The van der Waals surface area contributed by atoms with Crippen LogP contribution in [0.1, 0.15) is 17.5 Å². The molecule has 0 aliphatic carbocycles. The fourth-order valence-corrected chi connectivity index (χ4v) is 4.25. The number of nitrogens with zero attached hydrogens (tertiary/aromatic N) is 2. The first-order valence-corrected chi connectivity index (χ1v) is 11.7. The quantitative estimate of drug-likeness (QED) is 0.435. The minimum Gasteiger partial charge on any atom is -0.497 e. The number of carbonyl (C=O) groups excluding carboxylic acids is 3. The number of ether oxygens (including phenoxy) is 3. The zero-order valence-corrected chi connectivity index (χ0v) is 21.2. The summed E-state index contributed by atoms with van der Waals surface area (Å²) in [6.45, 7) is 2.02. The number of nitrogens with one attached hydrogen (secondary N) is 1. The number of anilines is 2. The number of rotatable bonds is 9. The van der Waals surface area contributed by atoms with Crippen LogP contribution in [0.5, 0.6) is 17.2 Å². The Morgan fingerprint density at radius 2 is 1.54 bits per heavy atom. The number of hydrogen-bond acceptors (Lipinski definition) is 6. The van der Waals surface area contributed by atoms with Gasteiger partial charge in [-0.1, -0.05) is 24.3 Å². The summed E-state index contributed by atoms with van der Waals surface area (Å²) in [7, 11) is 4.59. The van der Waals surface area contributed by atoms with Crippen LogP contribution in [0.4, 0.5) is 16.2 Å². The van der Waals surface area contributed by atoms with E-state index in [9.17, 15) is 14.4 Å². The molecule has 0 aromatic heterocycles. The first-order valence-electron chi connectivity index (χ1n) is 11.7. The minimum atomic E-state index is -0.994. The summed E-state index contributed by atoms with van der Waals surface area (Å²) in [6.07, 6.45) is -0.226. The van der Waals surface area contributed by atoms with Crippen LogP contribution < -0.4 is 24.4 Å². The zero-order valence-electron chi connectivity index (χ0n) is 21.2. The molecule has 1 N–H and O–H groups in total. The molecule has 0 bridgehead atoms. The van der Waals surface area contributed by atoms with Gasteiger partial charge in [-0.3, -0.25) is 9.59 Å². The summed E-state index contributed by atoms with van der Waals surface area (Å²) in [4.78, 5) is 42.8. The number of imide groups is 1. The predicted octanol–water partition coefficient (Wildman–Crippen LogP) is 4.39. The fraction of sp³-hybridized carbons (Fsp3) is 0.250. The molecule has 4 rings (SSSR count). The Labute approximate surface area is 215 Å². The second-order valence-corrected chi connectivity index (χ2v) is 8.64. The number of amides is 4. The maximum atomic E-state index is 13.6. The minimum absolute atomic E-state index is 0.134. The third-order valence-electron chi connectivity index (χ3n) is 6.08. The number of benzene rings is 3. The molecule has 9 heteroatoms. The van der Waals surface area contributed by atoms with E-state index in [0.717, 1.165) is 16.0 Å². The average molecular weight is 504 g/mol. The highest BCUT2D eigenvalue weighted by Crippen LogP contribution is 2.30. The largest absolute Gasteiger partial charge is 0.497 e. The van der Waals surface area contributed by atoms with Crippen molar-refractivity contribution in [3.8, 4) is 17.2 Å². The summed E-state index contributed by atoms with van der Waals surface area (Å²) < 4.78 is 15.8. The fourth-order valence-electron chi connectivity index (χ4n) is 4.25. The summed E-state index contributed by atoms with van der Waals surface area (Å²) >= 11 is 0. The third-order valence-corrected chi connectivity index (χ3v) is 6.08. The van der Waals surface area contributed by atoms with Gasteiger partial charge in [-0.2, -0.15) is 0 Å². The zero-order chi connectivity index (χ0) is 26.5. The van der Waals surface area contributed by atoms with Crippen LogP contribution in [0, 0.1) is 6.92 Å². The lowest BCUT2D eigenvalue weighted by Gasteiger charge is -2.22. The van der Waals surface area contributed by atoms with Gasteiger partial charge in [0, 0.05) is 30.4 Å². The molecular weight excluding hydrogens is 474 g/mol. The van der Waals surface area contributed by atoms with Gasteiger partial charge in [-0.25, -0.2) is 9.69 Å². The van der Waals surface area contributed by atoms with Gasteiger partial charge < -0.3 is 24.4 Å². The van der Waals surface area contributed by atoms with Crippen molar-refractivity contribution in [3.05, 3.63) is 77.9 Å². The van der Waals surface area contributed by atoms with Crippen molar-refractivity contribution in [2.75, 3.05) is 31.5 Å². The number of urea groups is 1. The molecule has 192 valence electrons. The Morgan fingerprint density at radius 3 is 2.19 bits per heavy atom. The molecule has 1 aliphatic heterocycles. The molecule has 3 aromatic rings. The smallest absolute Gasteiger partial charge is 0.332 e. The Morgan fingerprint density at radius 1 is 0.865 bits per heavy atom. The molecule has 4 amide bonds. The third kappa shape index (κ3) is 5.66. The molecule has 37 heavy (non-hydrogen) atoms. The molecule has 1 atom stereocenters. The molecule has 9 nitrogen and oxygen atoms in total. The second kappa shape index (κ2) is 11.0. The molecule has 3 aromatic carbocycles. The number of aryl methyl sites for hydroxylation is 1. The Balaban J connectivity index is 1.62. The van der Waals surface area contributed by atoms with E-state index in [2.05, 4.69) is 5.32 Å². The highest BCUT2D eigenvalue weighted by atomic mass is 16.5. The molecule has 0 radical (unpaired) electrons. The molecule has 0 saturated carbocycles. The van der Waals surface area contributed by atoms with Crippen LogP contribution in [-0.2, 0) is 16.1 Å².